The minimum absolute atomic E-state index is 0.484. The van der Waals surface area contributed by atoms with Crippen LogP contribution in [0.1, 0.15) is 41.5 Å². The minimum Gasteiger partial charge on any atom is -0.397 e. The maximum atomic E-state index is 10.2. The van der Waals surface area contributed by atoms with Crippen molar-refractivity contribution in [2.24, 2.45) is 0 Å². The van der Waals surface area contributed by atoms with Gasteiger partial charge in [-0.3, -0.25) is 20.2 Å². The zero-order chi connectivity index (χ0) is 27.2. The van der Waals surface area contributed by atoms with E-state index in [0.717, 1.165) is 23.2 Å². The van der Waals surface area contributed by atoms with Crippen molar-refractivity contribution in [2.45, 2.75) is 41.5 Å². The van der Waals surface area contributed by atoms with E-state index in [2.05, 4.69) is 9.97 Å². The van der Waals surface area contributed by atoms with Crippen molar-refractivity contribution in [3.63, 3.8) is 0 Å². The lowest BCUT2D eigenvalue weighted by Gasteiger charge is -1.94. The second-order valence-corrected chi connectivity index (χ2v) is 5.55. The maximum absolute atomic E-state index is 10.2. The van der Waals surface area contributed by atoms with Gasteiger partial charge in [0.2, 0.25) is 0 Å². The summed E-state index contributed by atoms with van der Waals surface area (Å²) in [7, 11) is 0. The lowest BCUT2D eigenvalue weighted by atomic mass is 10.3. The predicted molar refractivity (Wildman–Crippen MR) is 145 cm³/mol. The smallest absolute Gasteiger partial charge is 0.346 e. The van der Waals surface area contributed by atoms with Gasteiger partial charge in [0, 0.05) is 12.1 Å². The maximum Gasteiger partial charge on any atom is 0.346 e. The summed E-state index contributed by atoms with van der Waals surface area (Å²) in [6.45, 7) is 12.0. The zero-order valence-electron chi connectivity index (χ0n) is 21.1. The summed E-state index contributed by atoms with van der Waals surface area (Å²) in [5.74, 6) is 0. The molecule has 35 heavy (non-hydrogen) atoms. The van der Waals surface area contributed by atoms with Gasteiger partial charge in [-0.1, -0.05) is 77.9 Å². The van der Waals surface area contributed by atoms with E-state index in [-0.39, 0.29) is 0 Å². The van der Waals surface area contributed by atoms with Crippen molar-refractivity contribution in [1.82, 2.24) is 9.97 Å². The standard InChI is InChI=1S/C7H6N2.C6H4N2O4.C6H8N2.3C2H6/c1-2-4-7-6(3-1)8-5-9-7;9-7(10)5-3-1-2-4-6(5)8(11)12;7-5-3-1-2-4-6(5)8;3*1-2/h1-5H,(H,8,9);1-4H;1-4H,7-8H2;3*1-2H3. The Morgan fingerprint density at radius 2 is 1.03 bits per heavy atom. The van der Waals surface area contributed by atoms with Crippen molar-refractivity contribution >= 4 is 33.8 Å². The van der Waals surface area contributed by atoms with Crippen LogP contribution in [-0.2, 0) is 0 Å². The summed E-state index contributed by atoms with van der Waals surface area (Å²) in [5, 5.41) is 20.5. The Morgan fingerprint density at radius 1 is 0.657 bits per heavy atom. The number of fused-ring (bicyclic) bond motifs is 1. The fourth-order valence-corrected chi connectivity index (χ4v) is 2.16. The number of hydrogen-bond acceptors (Lipinski definition) is 7. The Morgan fingerprint density at radius 3 is 1.40 bits per heavy atom. The average molecular weight is 485 g/mol. The Bertz CT molecular complexity index is 1030. The van der Waals surface area contributed by atoms with E-state index >= 15 is 0 Å². The predicted octanol–water partition coefficient (Wildman–Crippen LogP) is 7.00. The first-order chi connectivity index (χ1) is 16.9. The summed E-state index contributed by atoms with van der Waals surface area (Å²) in [6, 6.07) is 20.1. The number of aromatic nitrogens is 2. The molecule has 5 N–H and O–H groups in total. The number of nitrogens with two attached hydrogens (primary N) is 2. The van der Waals surface area contributed by atoms with Crippen LogP contribution in [0, 0.1) is 20.2 Å². The van der Waals surface area contributed by atoms with Crippen LogP contribution in [0.25, 0.3) is 11.0 Å². The number of hydrogen-bond donors (Lipinski definition) is 3. The van der Waals surface area contributed by atoms with Crippen molar-refractivity contribution in [3.8, 4) is 0 Å². The van der Waals surface area contributed by atoms with E-state index in [1.165, 1.54) is 12.1 Å². The fraction of sp³-hybridized carbons (Fsp3) is 0.240. The molecule has 0 aliphatic rings. The molecule has 0 fully saturated rings. The SMILES string of the molecule is CC.CC.CC.Nc1ccccc1N.O=[N+]([O-])c1ccccc1[N+](=O)[O-].c1ccc2[nH]cnc2c1. The second-order valence-electron chi connectivity index (χ2n) is 5.55. The Balaban J connectivity index is 0. The molecular formula is C25H36N6O4. The molecule has 0 aliphatic heterocycles. The molecule has 0 spiro atoms. The molecule has 1 aromatic heterocycles. The van der Waals surface area contributed by atoms with Crippen LogP contribution in [0.5, 0.6) is 0 Å². The first-order valence-electron chi connectivity index (χ1n) is 11.3. The molecule has 0 aliphatic carbocycles. The largest absolute Gasteiger partial charge is 0.397 e. The first-order valence-corrected chi connectivity index (χ1v) is 11.3. The highest BCUT2D eigenvalue weighted by Crippen LogP contribution is 2.24. The van der Waals surface area contributed by atoms with Crippen LogP contribution in [0.15, 0.2) is 79.1 Å². The van der Waals surface area contributed by atoms with E-state index < -0.39 is 21.2 Å². The van der Waals surface area contributed by atoms with Gasteiger partial charge in [0.15, 0.2) is 0 Å². The highest BCUT2D eigenvalue weighted by atomic mass is 16.6. The van der Waals surface area contributed by atoms with E-state index in [1.54, 1.807) is 18.5 Å². The third kappa shape index (κ3) is 12.4. The number of H-pyrrole nitrogens is 1. The number of nitrogen functional groups attached to an aromatic ring is 2. The molecule has 10 heteroatoms. The third-order valence-electron chi connectivity index (χ3n) is 3.60. The summed E-state index contributed by atoms with van der Waals surface area (Å²) < 4.78 is 0. The number of benzene rings is 3. The molecule has 190 valence electrons. The minimum atomic E-state index is -0.780. The van der Waals surface area contributed by atoms with Gasteiger partial charge in [0.25, 0.3) is 0 Å². The molecule has 3 aromatic carbocycles. The molecule has 0 bridgehead atoms. The Kier molecular flexibility index (Phi) is 18.8. The fourth-order valence-electron chi connectivity index (χ4n) is 2.16. The van der Waals surface area contributed by atoms with Crippen LogP contribution in [0.2, 0.25) is 0 Å². The average Bonchev–Trinajstić information content (AvgIpc) is 3.39. The molecule has 4 aromatic rings. The molecule has 0 radical (unpaired) electrons. The molecule has 1 heterocycles. The normalized spacial score (nSPS) is 8.40. The zero-order valence-corrected chi connectivity index (χ0v) is 21.1. The monoisotopic (exact) mass is 484 g/mol. The van der Waals surface area contributed by atoms with Gasteiger partial charge >= 0.3 is 11.4 Å². The van der Waals surface area contributed by atoms with Gasteiger partial charge in [-0.2, -0.15) is 0 Å². The number of nitro groups is 2. The number of para-hydroxylation sites is 6. The van der Waals surface area contributed by atoms with Crippen molar-refractivity contribution < 1.29 is 9.85 Å². The summed E-state index contributed by atoms with van der Waals surface area (Å²) >= 11 is 0. The van der Waals surface area contributed by atoms with Crippen LogP contribution in [0.4, 0.5) is 22.7 Å². The van der Waals surface area contributed by atoms with Gasteiger partial charge in [-0.15, -0.1) is 0 Å². The van der Waals surface area contributed by atoms with Gasteiger partial charge in [-0.05, 0) is 24.3 Å². The van der Waals surface area contributed by atoms with Gasteiger partial charge in [0.1, 0.15) is 0 Å². The van der Waals surface area contributed by atoms with Crippen molar-refractivity contribution in [1.29, 1.82) is 0 Å². The third-order valence-corrected chi connectivity index (χ3v) is 3.60. The van der Waals surface area contributed by atoms with Crippen LogP contribution < -0.4 is 11.5 Å². The number of nitro benzene ring substituents is 2. The van der Waals surface area contributed by atoms with Crippen LogP contribution in [-0.4, -0.2) is 19.8 Å². The molecule has 0 amide bonds. The lowest BCUT2D eigenvalue weighted by Crippen LogP contribution is -1.95. The summed E-state index contributed by atoms with van der Waals surface area (Å²) in [6.07, 6.45) is 1.70. The number of nitrogens with one attached hydrogen (secondary N) is 1. The molecule has 4 rings (SSSR count). The van der Waals surface area contributed by atoms with E-state index in [9.17, 15) is 20.2 Å². The Hall–Kier alpha value is -4.47. The first kappa shape index (κ1) is 32.7. The molecule has 0 atom stereocenters. The van der Waals surface area contributed by atoms with Crippen LogP contribution in [0.3, 0.4) is 0 Å². The number of aromatic amines is 1. The number of rotatable bonds is 2. The van der Waals surface area contributed by atoms with Crippen LogP contribution >= 0.6 is 0 Å². The highest BCUT2D eigenvalue weighted by molar-refractivity contribution is 5.73. The van der Waals surface area contributed by atoms with E-state index in [1.807, 2.05) is 77.9 Å². The lowest BCUT2D eigenvalue weighted by molar-refractivity contribution is -0.422. The number of anilines is 2. The molecule has 0 saturated carbocycles. The van der Waals surface area contributed by atoms with Gasteiger partial charge in [-0.25, -0.2) is 4.98 Å². The molecular weight excluding hydrogens is 448 g/mol. The Labute approximate surface area is 206 Å². The molecule has 0 unspecified atom stereocenters. The van der Waals surface area contributed by atoms with E-state index in [0.29, 0.717) is 11.4 Å². The second kappa shape index (κ2) is 20.2. The van der Waals surface area contributed by atoms with Crippen molar-refractivity contribution in [3.05, 3.63) is 99.4 Å². The topological polar surface area (TPSA) is 167 Å². The summed E-state index contributed by atoms with van der Waals surface area (Å²) in [5.41, 5.74) is 13.2. The number of nitrogens with zero attached hydrogens (tertiary/aromatic N) is 3. The van der Waals surface area contributed by atoms with Crippen molar-refractivity contribution in [2.75, 3.05) is 11.5 Å². The van der Waals surface area contributed by atoms with E-state index in [4.69, 9.17) is 11.5 Å². The molecule has 10 nitrogen and oxygen atoms in total. The summed E-state index contributed by atoms with van der Waals surface area (Å²) in [4.78, 5) is 26.0. The molecule has 0 saturated heterocycles. The van der Waals surface area contributed by atoms with Gasteiger partial charge < -0.3 is 16.5 Å². The number of imidazole rings is 1. The highest BCUT2D eigenvalue weighted by Gasteiger charge is 2.21. The van der Waals surface area contributed by atoms with Gasteiger partial charge in [0.05, 0.1) is 38.6 Å². The quantitative estimate of drug-likeness (QED) is 0.156.